The molecule has 2 aromatic rings. The maximum atomic E-state index is 6.09. The normalized spacial score (nSPS) is 17.5. The summed E-state index contributed by atoms with van der Waals surface area (Å²) in [5.74, 6) is 2.82. The van der Waals surface area contributed by atoms with Gasteiger partial charge in [0.2, 0.25) is 0 Å². The highest BCUT2D eigenvalue weighted by Gasteiger charge is 2.34. The molecule has 6 nitrogen and oxygen atoms in total. The molecule has 1 aromatic heterocycles. The molecule has 3 rings (SSSR count). The van der Waals surface area contributed by atoms with E-state index < -0.39 is 0 Å². The molecule has 2 N–H and O–H groups in total. The van der Waals surface area contributed by atoms with Gasteiger partial charge in [0, 0.05) is 18.2 Å². The molecule has 1 atom stereocenters. The second kappa shape index (κ2) is 7.37. The van der Waals surface area contributed by atoms with E-state index in [-0.39, 0.29) is 11.6 Å². The summed E-state index contributed by atoms with van der Waals surface area (Å²) < 4.78 is 16.8. The van der Waals surface area contributed by atoms with E-state index in [9.17, 15) is 0 Å². The number of ether oxygens (including phenoxy) is 3. The summed E-state index contributed by atoms with van der Waals surface area (Å²) in [6.07, 6.45) is 2.44. The lowest BCUT2D eigenvalue weighted by molar-refractivity contribution is 0.0695. The third kappa shape index (κ3) is 3.99. The molecule has 1 aliphatic heterocycles. The first-order chi connectivity index (χ1) is 12.4. The Hall–Kier alpha value is -2.54. The summed E-state index contributed by atoms with van der Waals surface area (Å²) in [4.78, 5) is 4.27. The molecule has 0 spiro atoms. The number of nitrogens with zero attached hydrogens (tertiary/aromatic N) is 1. The molecule has 0 unspecified atom stereocenters. The van der Waals surface area contributed by atoms with Crippen LogP contribution in [0, 0.1) is 0 Å². The number of hydrogen-bond acceptors (Lipinski definition) is 5. The van der Waals surface area contributed by atoms with Crippen LogP contribution in [0.4, 0.5) is 5.82 Å². The Balaban J connectivity index is 1.81. The van der Waals surface area contributed by atoms with Crippen LogP contribution in [0.3, 0.4) is 0 Å². The molecule has 0 bridgehead atoms. The minimum Gasteiger partial charge on any atom is -0.497 e. The number of aromatic nitrogens is 1. The van der Waals surface area contributed by atoms with Gasteiger partial charge in [-0.25, -0.2) is 4.98 Å². The number of fused-ring (bicyclic) bond motifs is 1. The highest BCUT2D eigenvalue weighted by atomic mass is 32.1. The molecular weight excluding hydrogens is 350 g/mol. The number of anilines is 1. The summed E-state index contributed by atoms with van der Waals surface area (Å²) in [5.41, 5.74) is 0.707. The van der Waals surface area contributed by atoms with Gasteiger partial charge in [-0.05, 0) is 56.4 Å². The van der Waals surface area contributed by atoms with Gasteiger partial charge in [-0.2, -0.15) is 0 Å². The van der Waals surface area contributed by atoms with Gasteiger partial charge in [0.25, 0.3) is 0 Å². The van der Waals surface area contributed by atoms with Gasteiger partial charge in [0.05, 0.1) is 20.3 Å². The van der Waals surface area contributed by atoms with Crippen molar-refractivity contribution >= 4 is 23.1 Å². The monoisotopic (exact) mass is 373 g/mol. The van der Waals surface area contributed by atoms with Crippen molar-refractivity contribution in [2.75, 3.05) is 19.5 Å². The van der Waals surface area contributed by atoms with Crippen LogP contribution >= 0.6 is 12.2 Å². The zero-order valence-corrected chi connectivity index (χ0v) is 16.1. The summed E-state index contributed by atoms with van der Waals surface area (Å²) in [5, 5.41) is 6.95. The third-order valence-electron chi connectivity index (χ3n) is 4.20. The number of pyridine rings is 1. The van der Waals surface area contributed by atoms with E-state index >= 15 is 0 Å². The molecule has 138 valence electrons. The number of benzene rings is 1. The molecule has 0 radical (unpaired) electrons. The highest BCUT2D eigenvalue weighted by molar-refractivity contribution is 7.80. The Bertz CT molecular complexity index is 810. The van der Waals surface area contributed by atoms with Crippen molar-refractivity contribution in [1.82, 2.24) is 10.3 Å². The van der Waals surface area contributed by atoms with Crippen LogP contribution < -0.4 is 24.8 Å². The molecule has 0 saturated carbocycles. The van der Waals surface area contributed by atoms with Crippen molar-refractivity contribution in [3.05, 3.63) is 42.1 Å². The summed E-state index contributed by atoms with van der Waals surface area (Å²) in [6.45, 7) is 4.13. The lowest BCUT2D eigenvalue weighted by Crippen LogP contribution is -2.42. The molecule has 0 amide bonds. The van der Waals surface area contributed by atoms with E-state index in [1.807, 2.05) is 30.3 Å². The predicted molar refractivity (Wildman–Crippen MR) is 105 cm³/mol. The van der Waals surface area contributed by atoms with Gasteiger partial charge >= 0.3 is 0 Å². The van der Waals surface area contributed by atoms with Gasteiger partial charge in [-0.3, -0.25) is 0 Å². The number of rotatable bonds is 4. The Labute approximate surface area is 158 Å². The van der Waals surface area contributed by atoms with Crippen LogP contribution in [0.2, 0.25) is 0 Å². The average molecular weight is 373 g/mol. The molecular formula is C19H23N3O3S. The smallest absolute Gasteiger partial charge is 0.174 e. The lowest BCUT2D eigenvalue weighted by atomic mass is 9.89. The fraction of sp³-hybridized carbons (Fsp3) is 0.368. The number of nitrogens with one attached hydrogen (secondary N) is 2. The first-order valence-electron chi connectivity index (χ1n) is 8.35. The van der Waals surface area contributed by atoms with Crippen molar-refractivity contribution in [2.45, 2.75) is 31.9 Å². The number of thiocarbonyl (C=S) groups is 1. The van der Waals surface area contributed by atoms with Gasteiger partial charge in [0.15, 0.2) is 16.7 Å². The van der Waals surface area contributed by atoms with Crippen molar-refractivity contribution in [3.63, 3.8) is 0 Å². The minimum absolute atomic E-state index is 0.0152. The minimum atomic E-state index is -0.308. The lowest BCUT2D eigenvalue weighted by Gasteiger charge is -2.38. The molecule has 26 heavy (non-hydrogen) atoms. The summed E-state index contributed by atoms with van der Waals surface area (Å²) in [7, 11) is 3.25. The molecule has 1 aliphatic rings. The van der Waals surface area contributed by atoms with E-state index in [2.05, 4.69) is 29.5 Å². The Kier molecular flexibility index (Phi) is 5.18. The average Bonchev–Trinajstić information content (AvgIpc) is 2.61. The summed E-state index contributed by atoms with van der Waals surface area (Å²) in [6, 6.07) is 9.43. The van der Waals surface area contributed by atoms with Crippen LogP contribution in [-0.4, -0.2) is 29.9 Å². The standard InChI is InChI=1S/C19H23N3O3S/c1-19(2)11-14(13-10-12(23-3)7-8-15(13)25-19)21-18(26)22-17-16(24-4)6-5-9-20-17/h5-10,14H,11H2,1-4H3,(H2,20,21,22,26)/t14-/m1/s1. The quantitative estimate of drug-likeness (QED) is 0.793. The largest absolute Gasteiger partial charge is 0.497 e. The predicted octanol–water partition coefficient (Wildman–Crippen LogP) is 3.69. The molecule has 2 heterocycles. The van der Waals surface area contributed by atoms with Crippen LogP contribution in [0.1, 0.15) is 31.9 Å². The molecule has 1 aromatic carbocycles. The van der Waals surface area contributed by atoms with Crippen molar-refractivity contribution in [2.24, 2.45) is 0 Å². The fourth-order valence-corrected chi connectivity index (χ4v) is 3.28. The third-order valence-corrected chi connectivity index (χ3v) is 4.42. The highest BCUT2D eigenvalue weighted by Crippen LogP contribution is 2.41. The van der Waals surface area contributed by atoms with Gasteiger partial charge in [-0.1, -0.05) is 0 Å². The molecule has 0 saturated heterocycles. The van der Waals surface area contributed by atoms with Crippen molar-refractivity contribution < 1.29 is 14.2 Å². The molecule has 7 heteroatoms. The second-order valence-corrected chi connectivity index (χ2v) is 7.08. The van der Waals surface area contributed by atoms with E-state index in [4.69, 9.17) is 26.4 Å². The number of methoxy groups -OCH3 is 2. The van der Waals surface area contributed by atoms with Crippen LogP contribution in [0.25, 0.3) is 0 Å². The Morgan fingerprint density at radius 1 is 1.27 bits per heavy atom. The van der Waals surface area contributed by atoms with E-state index in [1.165, 1.54) is 0 Å². The topological polar surface area (TPSA) is 64.6 Å². The van der Waals surface area contributed by atoms with Crippen LogP contribution in [0.15, 0.2) is 36.5 Å². The van der Waals surface area contributed by atoms with E-state index in [1.54, 1.807) is 20.4 Å². The maximum Gasteiger partial charge on any atom is 0.174 e. The van der Waals surface area contributed by atoms with Gasteiger partial charge in [-0.15, -0.1) is 0 Å². The first-order valence-corrected chi connectivity index (χ1v) is 8.76. The molecule has 0 aliphatic carbocycles. The number of hydrogen-bond donors (Lipinski definition) is 2. The summed E-state index contributed by atoms with van der Waals surface area (Å²) >= 11 is 5.50. The zero-order valence-electron chi connectivity index (χ0n) is 15.3. The van der Waals surface area contributed by atoms with Crippen molar-refractivity contribution in [3.8, 4) is 17.2 Å². The first kappa shape index (κ1) is 18.3. The Morgan fingerprint density at radius 2 is 2.08 bits per heavy atom. The Morgan fingerprint density at radius 3 is 2.81 bits per heavy atom. The molecule has 0 fully saturated rings. The fourth-order valence-electron chi connectivity index (χ4n) is 3.04. The van der Waals surface area contributed by atoms with Gasteiger partial charge < -0.3 is 24.8 Å². The SMILES string of the molecule is COc1ccc2c(c1)[C@H](NC(=S)Nc1ncccc1OC)CC(C)(C)O2. The van der Waals surface area contributed by atoms with Crippen LogP contribution in [-0.2, 0) is 0 Å². The van der Waals surface area contributed by atoms with E-state index in [0.29, 0.717) is 16.7 Å². The zero-order chi connectivity index (χ0) is 18.7. The van der Waals surface area contributed by atoms with E-state index in [0.717, 1.165) is 23.5 Å². The van der Waals surface area contributed by atoms with Crippen molar-refractivity contribution in [1.29, 1.82) is 0 Å². The van der Waals surface area contributed by atoms with Gasteiger partial charge in [0.1, 0.15) is 17.1 Å². The maximum absolute atomic E-state index is 6.09. The van der Waals surface area contributed by atoms with Crippen LogP contribution in [0.5, 0.6) is 17.2 Å². The second-order valence-electron chi connectivity index (χ2n) is 6.67.